The third kappa shape index (κ3) is 4.87. The predicted octanol–water partition coefficient (Wildman–Crippen LogP) is 7.14. The Morgan fingerprint density at radius 1 is 0.927 bits per heavy atom. The van der Waals surface area contributed by atoms with Gasteiger partial charge in [-0.3, -0.25) is 9.48 Å². The topological polar surface area (TPSA) is 76.8 Å². The summed E-state index contributed by atoms with van der Waals surface area (Å²) >= 11 is 4.91. The molecule has 4 aromatic carbocycles. The second kappa shape index (κ2) is 10.8. The number of fused-ring (bicyclic) bond motifs is 1. The molecule has 0 aliphatic rings. The highest BCUT2D eigenvalue weighted by Gasteiger charge is 2.17. The molecule has 0 fully saturated rings. The van der Waals surface area contributed by atoms with Crippen LogP contribution in [0.4, 0.5) is 5.69 Å². The van der Waals surface area contributed by atoms with E-state index in [0.717, 1.165) is 37.9 Å². The van der Waals surface area contributed by atoms with E-state index in [1.807, 2.05) is 122 Å². The molecule has 204 valence electrons. The van der Waals surface area contributed by atoms with Crippen molar-refractivity contribution >= 4 is 49.4 Å². The molecule has 0 aliphatic carbocycles. The fraction of sp³-hybridized carbons (Fsp3) is 0.0938. The maximum absolute atomic E-state index is 13.6. The number of phenolic OH excluding ortho intramolecular Hbond substituents is 1. The molecule has 1 N–H and O–H groups in total. The number of benzene rings is 4. The molecule has 2 aromatic heterocycles. The Morgan fingerprint density at radius 2 is 1.63 bits per heavy atom. The average molecular weight is 625 g/mol. The smallest absolute Gasteiger partial charge is 0.297 e. The summed E-state index contributed by atoms with van der Waals surface area (Å²) in [6.07, 6.45) is 0. The first-order chi connectivity index (χ1) is 19.8. The minimum atomic E-state index is -0.214. The van der Waals surface area contributed by atoms with Gasteiger partial charge in [-0.05, 0) is 49.6 Å². The SMILES string of the molecule is CC(=Nn1c(-c2ccc(Br)cc2)csc1=Nc1c(C)n(C)n(-c2ccccc2)c1=O)c1ccc2ccccc2c1O. The molecule has 0 radical (unpaired) electrons. The van der Waals surface area contributed by atoms with Crippen LogP contribution < -0.4 is 10.4 Å². The molecule has 9 heteroatoms. The number of aromatic nitrogens is 3. The summed E-state index contributed by atoms with van der Waals surface area (Å²) < 4.78 is 6.14. The van der Waals surface area contributed by atoms with Gasteiger partial charge in [-0.2, -0.15) is 5.10 Å². The Morgan fingerprint density at radius 3 is 2.39 bits per heavy atom. The van der Waals surface area contributed by atoms with Crippen molar-refractivity contribution in [3.8, 4) is 22.7 Å². The maximum atomic E-state index is 13.6. The molecule has 7 nitrogen and oxygen atoms in total. The second-order valence-electron chi connectivity index (χ2n) is 9.61. The molecule has 41 heavy (non-hydrogen) atoms. The normalized spacial score (nSPS) is 12.4. The van der Waals surface area contributed by atoms with E-state index < -0.39 is 0 Å². The lowest BCUT2D eigenvalue weighted by Gasteiger charge is -2.10. The molecule has 2 heterocycles. The first-order valence-corrected chi connectivity index (χ1v) is 14.6. The number of hydrogen-bond acceptors (Lipinski definition) is 5. The molecule has 0 atom stereocenters. The van der Waals surface area contributed by atoms with Gasteiger partial charge in [0, 0.05) is 33.4 Å². The van der Waals surface area contributed by atoms with Gasteiger partial charge in [-0.15, -0.1) is 11.3 Å². The van der Waals surface area contributed by atoms with E-state index in [4.69, 9.17) is 10.1 Å². The lowest BCUT2D eigenvalue weighted by atomic mass is 10.0. The maximum Gasteiger partial charge on any atom is 0.297 e. The third-order valence-corrected chi connectivity index (χ3v) is 8.44. The number of nitrogens with zero attached hydrogens (tertiary/aromatic N) is 5. The lowest BCUT2D eigenvalue weighted by molar-refractivity contribution is 0.480. The van der Waals surface area contributed by atoms with Crippen molar-refractivity contribution in [1.29, 1.82) is 0 Å². The van der Waals surface area contributed by atoms with E-state index in [9.17, 15) is 9.90 Å². The fourth-order valence-electron chi connectivity index (χ4n) is 4.82. The summed E-state index contributed by atoms with van der Waals surface area (Å²) in [7, 11) is 1.85. The van der Waals surface area contributed by atoms with Crippen LogP contribution in [0.5, 0.6) is 5.75 Å². The number of halogens is 1. The van der Waals surface area contributed by atoms with E-state index in [2.05, 4.69) is 15.9 Å². The zero-order chi connectivity index (χ0) is 28.7. The number of rotatable bonds is 5. The van der Waals surface area contributed by atoms with Crippen molar-refractivity contribution < 1.29 is 5.11 Å². The van der Waals surface area contributed by atoms with E-state index in [1.165, 1.54) is 11.3 Å². The molecule has 0 spiro atoms. The van der Waals surface area contributed by atoms with Crippen LogP contribution in [0, 0.1) is 6.92 Å². The van der Waals surface area contributed by atoms with Crippen LogP contribution in [0.1, 0.15) is 18.2 Å². The number of phenols is 1. The number of aromatic hydroxyl groups is 1. The van der Waals surface area contributed by atoms with Crippen LogP contribution in [0.3, 0.4) is 0 Å². The van der Waals surface area contributed by atoms with Gasteiger partial charge in [0.05, 0.1) is 22.8 Å². The van der Waals surface area contributed by atoms with Gasteiger partial charge in [0.2, 0.25) is 4.80 Å². The van der Waals surface area contributed by atoms with E-state index in [-0.39, 0.29) is 11.3 Å². The Bertz CT molecular complexity index is 2070. The molecule has 6 rings (SSSR count). The van der Waals surface area contributed by atoms with E-state index >= 15 is 0 Å². The molecular formula is C32H26BrN5O2S. The van der Waals surface area contributed by atoms with Crippen molar-refractivity contribution in [2.75, 3.05) is 0 Å². The first kappa shape index (κ1) is 26.7. The molecule has 0 bridgehead atoms. The molecule has 0 aliphatic heterocycles. The van der Waals surface area contributed by atoms with Crippen LogP contribution >= 0.6 is 27.3 Å². The first-order valence-electron chi connectivity index (χ1n) is 13.0. The Kier molecular flexibility index (Phi) is 7.07. The van der Waals surface area contributed by atoms with E-state index in [0.29, 0.717) is 21.8 Å². The highest BCUT2D eigenvalue weighted by Crippen LogP contribution is 2.30. The van der Waals surface area contributed by atoms with Crippen molar-refractivity contribution in [1.82, 2.24) is 14.0 Å². The summed E-state index contributed by atoms with van der Waals surface area (Å²) in [5.41, 5.74) is 4.62. The van der Waals surface area contributed by atoms with Crippen molar-refractivity contribution in [3.63, 3.8) is 0 Å². The lowest BCUT2D eigenvalue weighted by Crippen LogP contribution is -2.20. The van der Waals surface area contributed by atoms with Crippen molar-refractivity contribution in [3.05, 3.63) is 127 Å². The van der Waals surface area contributed by atoms with Gasteiger partial charge in [0.15, 0.2) is 5.69 Å². The van der Waals surface area contributed by atoms with Crippen LogP contribution in [0.25, 0.3) is 27.7 Å². The summed E-state index contributed by atoms with van der Waals surface area (Å²) in [6.45, 7) is 3.74. The molecule has 0 amide bonds. The molecule has 0 saturated heterocycles. The molecule has 0 saturated carbocycles. The Hall–Kier alpha value is -4.47. The zero-order valence-corrected chi connectivity index (χ0v) is 25.0. The van der Waals surface area contributed by atoms with Crippen LogP contribution in [-0.2, 0) is 7.05 Å². The second-order valence-corrected chi connectivity index (χ2v) is 11.4. The summed E-state index contributed by atoms with van der Waals surface area (Å²) in [4.78, 5) is 19.0. The van der Waals surface area contributed by atoms with Gasteiger partial charge >= 0.3 is 0 Å². The zero-order valence-electron chi connectivity index (χ0n) is 22.6. The number of hydrogen-bond donors (Lipinski definition) is 1. The average Bonchev–Trinajstić information content (AvgIpc) is 3.47. The quantitative estimate of drug-likeness (QED) is 0.207. The van der Waals surface area contributed by atoms with E-state index in [1.54, 1.807) is 9.36 Å². The minimum absolute atomic E-state index is 0.175. The van der Waals surface area contributed by atoms with Crippen LogP contribution in [0.2, 0.25) is 0 Å². The van der Waals surface area contributed by atoms with Crippen LogP contribution in [-0.4, -0.2) is 24.9 Å². The molecular weight excluding hydrogens is 598 g/mol. The van der Waals surface area contributed by atoms with Crippen LogP contribution in [0.15, 0.2) is 116 Å². The van der Waals surface area contributed by atoms with Gasteiger partial charge in [0.1, 0.15) is 5.75 Å². The van der Waals surface area contributed by atoms with Crippen molar-refractivity contribution in [2.45, 2.75) is 13.8 Å². The monoisotopic (exact) mass is 623 g/mol. The van der Waals surface area contributed by atoms with Crippen molar-refractivity contribution in [2.24, 2.45) is 17.1 Å². The minimum Gasteiger partial charge on any atom is -0.507 e. The molecule has 6 aromatic rings. The highest BCUT2D eigenvalue weighted by atomic mass is 79.9. The van der Waals surface area contributed by atoms with Gasteiger partial charge < -0.3 is 5.11 Å². The summed E-state index contributed by atoms with van der Waals surface area (Å²) in [5, 5.41) is 19.8. The third-order valence-electron chi connectivity index (χ3n) is 7.10. The Labute approximate surface area is 248 Å². The number of thiazole rings is 1. The fourth-order valence-corrected chi connectivity index (χ4v) is 5.92. The predicted molar refractivity (Wildman–Crippen MR) is 170 cm³/mol. The standard InChI is InChI=1S/C32H26BrN5O2S/c1-20(26-18-15-22-9-7-8-12-27(22)30(26)39)35-37-28(23-13-16-24(33)17-14-23)19-41-32(37)34-29-21(2)36(3)38(31(29)40)25-10-5-4-6-11-25/h4-19,39H,1-3H3. The van der Waals surface area contributed by atoms with Gasteiger partial charge in [0.25, 0.3) is 5.56 Å². The Balaban J connectivity index is 1.57. The summed E-state index contributed by atoms with van der Waals surface area (Å²) in [5.74, 6) is 0.175. The summed E-state index contributed by atoms with van der Waals surface area (Å²) in [6, 6.07) is 29.0. The van der Waals surface area contributed by atoms with Gasteiger partial charge in [-0.1, -0.05) is 76.6 Å². The number of para-hydroxylation sites is 1. The largest absolute Gasteiger partial charge is 0.507 e. The molecule has 0 unspecified atom stereocenters. The highest BCUT2D eigenvalue weighted by molar-refractivity contribution is 9.10. The van der Waals surface area contributed by atoms with Gasteiger partial charge in [-0.25, -0.2) is 14.4 Å².